The molecule has 0 spiro atoms. The van der Waals surface area contributed by atoms with E-state index in [9.17, 15) is 4.79 Å². The number of benzene rings is 1. The number of hydrogen-bond acceptors (Lipinski definition) is 4. The molecule has 2 aromatic heterocycles. The van der Waals surface area contributed by atoms with E-state index in [4.69, 9.17) is 5.73 Å². The molecule has 1 aliphatic rings. The van der Waals surface area contributed by atoms with Gasteiger partial charge < -0.3 is 5.73 Å². The summed E-state index contributed by atoms with van der Waals surface area (Å²) < 4.78 is 1.67. The Hall–Kier alpha value is -3.22. The zero-order chi connectivity index (χ0) is 17.4. The molecule has 7 heteroatoms. The maximum Gasteiger partial charge on any atom is 0.317 e. The van der Waals surface area contributed by atoms with Crippen LogP contribution >= 0.6 is 0 Å². The van der Waals surface area contributed by atoms with Crippen molar-refractivity contribution in [2.75, 3.05) is 5.32 Å². The van der Waals surface area contributed by atoms with Crippen LogP contribution in [-0.2, 0) is 0 Å². The van der Waals surface area contributed by atoms with Crippen LogP contribution in [0.2, 0.25) is 0 Å². The fourth-order valence-electron chi connectivity index (χ4n) is 2.80. The molecule has 2 amide bonds. The predicted molar refractivity (Wildman–Crippen MR) is 94.5 cm³/mol. The van der Waals surface area contributed by atoms with Gasteiger partial charge in [0.2, 0.25) is 0 Å². The molecule has 25 heavy (non-hydrogen) atoms. The SMILES string of the molecule is Cc1c(-c2cnc(C3CC3)nc2)nn(-c2ccccc2)c1NC(N)=O. The highest BCUT2D eigenvalue weighted by Gasteiger charge is 2.26. The molecule has 0 bridgehead atoms. The molecule has 126 valence electrons. The van der Waals surface area contributed by atoms with Crippen molar-refractivity contribution in [3.05, 3.63) is 54.1 Å². The fraction of sp³-hybridized carbons (Fsp3) is 0.222. The first-order valence-corrected chi connectivity index (χ1v) is 8.17. The molecular weight excluding hydrogens is 316 g/mol. The Morgan fingerprint density at radius 2 is 1.88 bits per heavy atom. The van der Waals surface area contributed by atoms with Crippen LogP contribution in [0.3, 0.4) is 0 Å². The number of carbonyl (C=O) groups excluding carboxylic acids is 1. The molecule has 1 fully saturated rings. The third-order valence-corrected chi connectivity index (χ3v) is 4.25. The van der Waals surface area contributed by atoms with E-state index in [2.05, 4.69) is 20.4 Å². The van der Waals surface area contributed by atoms with Gasteiger partial charge in [0.25, 0.3) is 0 Å². The van der Waals surface area contributed by atoms with Crippen molar-refractivity contribution in [1.82, 2.24) is 19.7 Å². The monoisotopic (exact) mass is 334 g/mol. The Bertz CT molecular complexity index is 913. The van der Waals surface area contributed by atoms with Crippen molar-refractivity contribution < 1.29 is 4.79 Å². The average molecular weight is 334 g/mol. The number of carbonyl (C=O) groups is 1. The molecular formula is C18H18N6O. The lowest BCUT2D eigenvalue weighted by atomic mass is 10.1. The van der Waals surface area contributed by atoms with E-state index in [0.29, 0.717) is 11.7 Å². The van der Waals surface area contributed by atoms with E-state index in [1.807, 2.05) is 37.3 Å². The van der Waals surface area contributed by atoms with Gasteiger partial charge in [0.05, 0.1) is 5.69 Å². The van der Waals surface area contributed by atoms with Crippen molar-refractivity contribution in [3.8, 4) is 16.9 Å². The number of primary amides is 1. The summed E-state index contributed by atoms with van der Waals surface area (Å²) in [6, 6.07) is 8.93. The van der Waals surface area contributed by atoms with E-state index in [-0.39, 0.29) is 0 Å². The summed E-state index contributed by atoms with van der Waals surface area (Å²) >= 11 is 0. The molecule has 1 saturated carbocycles. The Morgan fingerprint density at radius 1 is 1.20 bits per heavy atom. The first-order chi connectivity index (χ1) is 12.1. The molecule has 4 rings (SSSR count). The van der Waals surface area contributed by atoms with E-state index in [0.717, 1.165) is 41.2 Å². The fourth-order valence-corrected chi connectivity index (χ4v) is 2.80. The van der Waals surface area contributed by atoms with Crippen LogP contribution in [0.15, 0.2) is 42.7 Å². The van der Waals surface area contributed by atoms with Crippen molar-refractivity contribution in [2.24, 2.45) is 5.73 Å². The third-order valence-electron chi connectivity index (χ3n) is 4.25. The van der Waals surface area contributed by atoms with Crippen molar-refractivity contribution >= 4 is 11.8 Å². The molecule has 3 N–H and O–H groups in total. The van der Waals surface area contributed by atoms with Gasteiger partial charge >= 0.3 is 6.03 Å². The van der Waals surface area contributed by atoms with Gasteiger partial charge in [0.15, 0.2) is 0 Å². The summed E-state index contributed by atoms with van der Waals surface area (Å²) in [6.45, 7) is 1.89. The highest BCUT2D eigenvalue weighted by atomic mass is 16.2. The quantitative estimate of drug-likeness (QED) is 0.766. The number of hydrogen-bond donors (Lipinski definition) is 2. The summed E-state index contributed by atoms with van der Waals surface area (Å²) in [5, 5.41) is 7.33. The highest BCUT2D eigenvalue weighted by Crippen LogP contribution is 2.38. The minimum Gasteiger partial charge on any atom is -0.351 e. The Morgan fingerprint density at radius 3 is 2.48 bits per heavy atom. The molecule has 3 aromatic rings. The number of aromatic nitrogens is 4. The summed E-state index contributed by atoms with van der Waals surface area (Å²) in [5.74, 6) is 1.93. The molecule has 0 unspecified atom stereocenters. The average Bonchev–Trinajstić information content (AvgIpc) is 3.42. The van der Waals surface area contributed by atoms with Gasteiger partial charge in [-0.1, -0.05) is 18.2 Å². The Kier molecular flexibility index (Phi) is 3.68. The van der Waals surface area contributed by atoms with Crippen molar-refractivity contribution in [2.45, 2.75) is 25.7 Å². The second kappa shape index (κ2) is 6.01. The van der Waals surface area contributed by atoms with E-state index < -0.39 is 6.03 Å². The van der Waals surface area contributed by atoms with Crippen LogP contribution in [-0.4, -0.2) is 25.8 Å². The van der Waals surface area contributed by atoms with Crippen LogP contribution in [0.1, 0.15) is 30.1 Å². The Balaban J connectivity index is 1.79. The number of urea groups is 1. The number of para-hydroxylation sites is 1. The van der Waals surface area contributed by atoms with E-state index in [1.54, 1.807) is 17.1 Å². The molecule has 0 radical (unpaired) electrons. The van der Waals surface area contributed by atoms with Crippen LogP contribution in [0.4, 0.5) is 10.6 Å². The third kappa shape index (κ3) is 2.96. The maximum absolute atomic E-state index is 11.4. The van der Waals surface area contributed by atoms with Crippen molar-refractivity contribution in [3.63, 3.8) is 0 Å². The lowest BCUT2D eigenvalue weighted by Crippen LogP contribution is -2.21. The number of anilines is 1. The van der Waals surface area contributed by atoms with Gasteiger partial charge in [-0.15, -0.1) is 0 Å². The van der Waals surface area contributed by atoms with E-state index >= 15 is 0 Å². The van der Waals surface area contributed by atoms with Gasteiger partial charge in [-0.25, -0.2) is 19.4 Å². The number of nitrogens with zero attached hydrogens (tertiary/aromatic N) is 4. The second-order valence-corrected chi connectivity index (χ2v) is 6.16. The molecule has 1 aliphatic carbocycles. The zero-order valence-electron chi connectivity index (χ0n) is 13.8. The smallest absolute Gasteiger partial charge is 0.317 e. The molecule has 0 aliphatic heterocycles. The molecule has 2 heterocycles. The maximum atomic E-state index is 11.4. The van der Waals surface area contributed by atoms with Gasteiger partial charge in [-0.3, -0.25) is 5.32 Å². The highest BCUT2D eigenvalue weighted by molar-refractivity contribution is 5.89. The molecule has 7 nitrogen and oxygen atoms in total. The zero-order valence-corrected chi connectivity index (χ0v) is 13.8. The topological polar surface area (TPSA) is 98.7 Å². The Labute approximate surface area is 144 Å². The lowest BCUT2D eigenvalue weighted by Gasteiger charge is -2.07. The lowest BCUT2D eigenvalue weighted by molar-refractivity contribution is 0.259. The van der Waals surface area contributed by atoms with Gasteiger partial charge in [0.1, 0.15) is 17.3 Å². The largest absolute Gasteiger partial charge is 0.351 e. The number of amides is 2. The summed E-state index contributed by atoms with van der Waals surface area (Å²) in [4.78, 5) is 20.3. The van der Waals surface area contributed by atoms with E-state index in [1.165, 1.54) is 0 Å². The van der Waals surface area contributed by atoms with Crippen LogP contribution in [0, 0.1) is 6.92 Å². The predicted octanol–water partition coefficient (Wildman–Crippen LogP) is 3.01. The number of nitrogens with two attached hydrogens (primary N) is 1. The standard InChI is InChI=1S/C18H18N6O/c1-11-15(13-9-20-16(21-10-13)12-7-8-12)23-24(17(11)22-18(19)25)14-5-3-2-4-6-14/h2-6,9-10,12H,7-8H2,1H3,(H3,19,22,25). The van der Waals surface area contributed by atoms with Crippen LogP contribution in [0.25, 0.3) is 16.9 Å². The normalized spacial score (nSPS) is 13.6. The number of nitrogens with one attached hydrogen (secondary N) is 1. The van der Waals surface area contributed by atoms with Crippen LogP contribution in [0.5, 0.6) is 0 Å². The minimum absolute atomic E-state index is 0.504. The summed E-state index contributed by atoms with van der Waals surface area (Å²) in [7, 11) is 0. The first kappa shape index (κ1) is 15.3. The first-order valence-electron chi connectivity index (χ1n) is 8.17. The minimum atomic E-state index is -0.632. The molecule has 1 aromatic carbocycles. The molecule has 0 saturated heterocycles. The molecule has 0 atom stereocenters. The summed E-state index contributed by atoms with van der Waals surface area (Å²) in [6.07, 6.45) is 5.90. The second-order valence-electron chi connectivity index (χ2n) is 6.16. The van der Waals surface area contributed by atoms with Crippen molar-refractivity contribution in [1.29, 1.82) is 0 Å². The van der Waals surface area contributed by atoms with Gasteiger partial charge in [-0.05, 0) is 31.9 Å². The number of rotatable bonds is 4. The van der Waals surface area contributed by atoms with Crippen LogP contribution < -0.4 is 11.1 Å². The summed E-state index contributed by atoms with van der Waals surface area (Å²) in [5.41, 5.74) is 8.50. The van der Waals surface area contributed by atoms with Gasteiger partial charge in [0, 0.05) is 29.4 Å². The van der Waals surface area contributed by atoms with Gasteiger partial charge in [-0.2, -0.15) is 5.10 Å².